The van der Waals surface area contributed by atoms with Gasteiger partial charge in [0.1, 0.15) is 5.60 Å². The topological polar surface area (TPSA) is 49.8 Å². The van der Waals surface area contributed by atoms with E-state index in [0.717, 1.165) is 19.3 Å². The van der Waals surface area contributed by atoms with Crippen molar-refractivity contribution in [1.82, 2.24) is 4.90 Å². The van der Waals surface area contributed by atoms with Crippen molar-refractivity contribution in [3.63, 3.8) is 0 Å². The number of likely N-dealkylation sites (tertiary alicyclic amines) is 1. The zero-order chi connectivity index (χ0) is 11.3. The van der Waals surface area contributed by atoms with Gasteiger partial charge in [0.2, 0.25) is 5.91 Å². The van der Waals surface area contributed by atoms with Gasteiger partial charge in [-0.1, -0.05) is 0 Å². The average molecular weight is 225 g/mol. The van der Waals surface area contributed by atoms with Gasteiger partial charge in [-0.25, -0.2) is 0 Å². The number of hydrogen-bond acceptors (Lipinski definition) is 3. The number of amides is 1. The molecule has 2 aliphatic heterocycles. The minimum Gasteiger partial charge on any atom is -0.386 e. The molecule has 0 bridgehead atoms. The summed E-state index contributed by atoms with van der Waals surface area (Å²) in [5, 5.41) is 10.1. The molecular formula is C12H19NO3. The molecule has 3 fully saturated rings. The third-order valence-corrected chi connectivity index (χ3v) is 4.13. The first-order valence-electron chi connectivity index (χ1n) is 6.21. The lowest BCUT2D eigenvalue weighted by atomic mass is 9.87. The van der Waals surface area contributed by atoms with Crippen LogP contribution in [0.5, 0.6) is 0 Å². The minimum atomic E-state index is -0.555. The summed E-state index contributed by atoms with van der Waals surface area (Å²) < 4.78 is 5.41. The zero-order valence-electron chi connectivity index (χ0n) is 9.69. The Morgan fingerprint density at radius 2 is 2.12 bits per heavy atom. The van der Waals surface area contributed by atoms with Gasteiger partial charge in [0, 0.05) is 0 Å². The van der Waals surface area contributed by atoms with E-state index in [1.54, 1.807) is 4.90 Å². The van der Waals surface area contributed by atoms with E-state index >= 15 is 0 Å². The molecule has 0 aromatic rings. The van der Waals surface area contributed by atoms with Crippen molar-refractivity contribution in [1.29, 1.82) is 0 Å². The van der Waals surface area contributed by atoms with E-state index in [1.165, 1.54) is 0 Å². The molecule has 0 aromatic carbocycles. The van der Waals surface area contributed by atoms with Crippen LogP contribution in [0.4, 0.5) is 0 Å². The second-order valence-electron chi connectivity index (χ2n) is 5.65. The van der Waals surface area contributed by atoms with Crippen molar-refractivity contribution in [2.75, 3.05) is 19.7 Å². The molecule has 0 spiro atoms. The zero-order valence-corrected chi connectivity index (χ0v) is 9.69. The predicted molar refractivity (Wildman–Crippen MR) is 57.8 cm³/mol. The molecule has 1 saturated carbocycles. The number of nitrogens with zero attached hydrogens (tertiary/aromatic N) is 1. The van der Waals surface area contributed by atoms with Crippen LogP contribution in [0.3, 0.4) is 0 Å². The first-order chi connectivity index (χ1) is 7.58. The normalized spacial score (nSPS) is 37.2. The summed E-state index contributed by atoms with van der Waals surface area (Å²) in [7, 11) is 0. The van der Waals surface area contributed by atoms with Crippen molar-refractivity contribution in [2.24, 2.45) is 11.8 Å². The number of hydrogen-bond donors (Lipinski definition) is 1. The van der Waals surface area contributed by atoms with Crippen LogP contribution in [0.25, 0.3) is 0 Å². The molecule has 1 N–H and O–H groups in total. The number of aliphatic hydroxyl groups is 1. The molecule has 4 heteroatoms. The van der Waals surface area contributed by atoms with E-state index in [0.29, 0.717) is 25.6 Å². The lowest BCUT2D eigenvalue weighted by Gasteiger charge is -2.47. The largest absolute Gasteiger partial charge is 0.386 e. The summed E-state index contributed by atoms with van der Waals surface area (Å²) in [6, 6.07) is 0. The highest BCUT2D eigenvalue weighted by molar-refractivity contribution is 5.80. The molecule has 2 atom stereocenters. The molecule has 4 nitrogen and oxygen atoms in total. The standard InChI is InChI=1S/C12H19NO3/c1-8-4-9(5-16-8)11(14)13-6-12(15,7-13)10-2-3-10/h8-10,15H,2-7H2,1H3. The summed E-state index contributed by atoms with van der Waals surface area (Å²) in [6.45, 7) is 3.64. The maximum Gasteiger partial charge on any atom is 0.228 e. The molecule has 3 rings (SSSR count). The van der Waals surface area contributed by atoms with Gasteiger partial charge in [0.05, 0.1) is 31.7 Å². The molecule has 1 amide bonds. The van der Waals surface area contributed by atoms with Crippen LogP contribution in [0.1, 0.15) is 26.2 Å². The molecule has 16 heavy (non-hydrogen) atoms. The van der Waals surface area contributed by atoms with Crippen LogP contribution in [-0.2, 0) is 9.53 Å². The first-order valence-corrected chi connectivity index (χ1v) is 6.21. The molecule has 0 radical (unpaired) electrons. The van der Waals surface area contributed by atoms with Crippen molar-refractivity contribution in [3.05, 3.63) is 0 Å². The van der Waals surface area contributed by atoms with Crippen molar-refractivity contribution >= 4 is 5.91 Å². The third-order valence-electron chi connectivity index (χ3n) is 4.13. The van der Waals surface area contributed by atoms with E-state index in [9.17, 15) is 9.90 Å². The fourth-order valence-electron chi connectivity index (χ4n) is 2.90. The maximum atomic E-state index is 12.0. The van der Waals surface area contributed by atoms with E-state index in [-0.39, 0.29) is 17.9 Å². The van der Waals surface area contributed by atoms with E-state index in [4.69, 9.17) is 4.74 Å². The van der Waals surface area contributed by atoms with E-state index in [1.807, 2.05) is 6.92 Å². The van der Waals surface area contributed by atoms with Crippen molar-refractivity contribution < 1.29 is 14.6 Å². The Labute approximate surface area is 95.6 Å². The molecule has 0 aromatic heterocycles. The van der Waals surface area contributed by atoms with Gasteiger partial charge >= 0.3 is 0 Å². The number of carbonyl (C=O) groups is 1. The van der Waals surface area contributed by atoms with Crippen LogP contribution >= 0.6 is 0 Å². The fourth-order valence-corrected chi connectivity index (χ4v) is 2.90. The highest BCUT2D eigenvalue weighted by Crippen LogP contribution is 2.45. The molecule has 3 aliphatic rings. The lowest BCUT2D eigenvalue weighted by Crippen LogP contribution is -2.65. The average Bonchev–Trinajstić information content (AvgIpc) is 2.96. The Kier molecular flexibility index (Phi) is 2.27. The van der Waals surface area contributed by atoms with E-state index in [2.05, 4.69) is 0 Å². The van der Waals surface area contributed by atoms with Gasteiger partial charge in [-0.3, -0.25) is 4.79 Å². The van der Waals surface area contributed by atoms with Gasteiger partial charge in [-0.2, -0.15) is 0 Å². The Morgan fingerprint density at radius 1 is 1.44 bits per heavy atom. The molecule has 2 saturated heterocycles. The molecule has 1 aliphatic carbocycles. The number of ether oxygens (including phenoxy) is 1. The fraction of sp³-hybridized carbons (Fsp3) is 0.917. The number of carbonyl (C=O) groups excluding carboxylic acids is 1. The van der Waals surface area contributed by atoms with Gasteiger partial charge in [0.25, 0.3) is 0 Å². The Bertz CT molecular complexity index is 307. The smallest absolute Gasteiger partial charge is 0.228 e. The molecule has 90 valence electrons. The summed E-state index contributed by atoms with van der Waals surface area (Å²) in [5.41, 5.74) is -0.555. The second kappa shape index (κ2) is 3.44. The monoisotopic (exact) mass is 225 g/mol. The summed E-state index contributed by atoms with van der Waals surface area (Å²) in [4.78, 5) is 13.8. The predicted octanol–water partition coefficient (Wildman–Crippen LogP) is 0.395. The van der Waals surface area contributed by atoms with Gasteiger partial charge < -0.3 is 14.7 Å². The highest BCUT2D eigenvalue weighted by atomic mass is 16.5. The van der Waals surface area contributed by atoms with Gasteiger partial charge in [0.15, 0.2) is 0 Å². The Morgan fingerprint density at radius 3 is 2.62 bits per heavy atom. The van der Waals surface area contributed by atoms with Gasteiger partial charge in [-0.15, -0.1) is 0 Å². The van der Waals surface area contributed by atoms with Gasteiger partial charge in [-0.05, 0) is 32.1 Å². The Balaban J connectivity index is 1.54. The minimum absolute atomic E-state index is 0.0266. The highest BCUT2D eigenvalue weighted by Gasteiger charge is 2.54. The van der Waals surface area contributed by atoms with E-state index < -0.39 is 5.60 Å². The first kappa shape index (κ1) is 10.5. The third kappa shape index (κ3) is 1.64. The number of β-amino-alcohol motifs (C(OH)–C–C–N with tert-alkyl or cyclic N) is 1. The SMILES string of the molecule is CC1CC(C(=O)N2CC(O)(C3CC3)C2)CO1. The van der Waals surface area contributed by atoms with Crippen LogP contribution in [-0.4, -0.2) is 47.3 Å². The van der Waals surface area contributed by atoms with Crippen LogP contribution in [0.15, 0.2) is 0 Å². The van der Waals surface area contributed by atoms with Crippen molar-refractivity contribution in [2.45, 2.75) is 37.9 Å². The van der Waals surface area contributed by atoms with Crippen LogP contribution in [0.2, 0.25) is 0 Å². The van der Waals surface area contributed by atoms with Crippen LogP contribution < -0.4 is 0 Å². The van der Waals surface area contributed by atoms with Crippen LogP contribution in [0, 0.1) is 11.8 Å². The quantitative estimate of drug-likeness (QED) is 0.740. The molecular weight excluding hydrogens is 206 g/mol. The van der Waals surface area contributed by atoms with Crippen molar-refractivity contribution in [3.8, 4) is 0 Å². The second-order valence-corrected chi connectivity index (χ2v) is 5.65. The summed E-state index contributed by atoms with van der Waals surface area (Å²) in [5.74, 6) is 0.656. The lowest BCUT2D eigenvalue weighted by molar-refractivity contribution is -0.163. The molecule has 2 unspecified atom stereocenters. The molecule has 2 heterocycles. The Hall–Kier alpha value is -0.610. The summed E-state index contributed by atoms with van der Waals surface area (Å²) >= 11 is 0. The summed E-state index contributed by atoms with van der Waals surface area (Å²) in [6.07, 6.45) is 3.29. The number of rotatable bonds is 2. The maximum absolute atomic E-state index is 12.0.